The number of rotatable bonds is 9. The molecule has 0 aromatic heterocycles. The Morgan fingerprint density at radius 1 is 0.833 bits per heavy atom. The van der Waals surface area contributed by atoms with Crippen LogP contribution in [-0.2, 0) is 28.5 Å². The second-order valence-electron chi connectivity index (χ2n) is 18.7. The SMILES string of the molecule is C[C@H]1C(OCCO[C@@H]2CC[C@@]3(C)C(C2)C[C@H](O)C2C3CC[C@@]3(C)C2CC[C@@H]3CCCC(=O)O)OC2O[C@@]3(C)CCC4[C@H](C)CCC1[C@@]24O3. The van der Waals surface area contributed by atoms with Gasteiger partial charge in [-0.2, -0.15) is 0 Å². The number of hydrogen-bond acceptors (Lipinski definition) is 7. The van der Waals surface area contributed by atoms with Gasteiger partial charge in [0.25, 0.3) is 0 Å². The van der Waals surface area contributed by atoms with Crippen molar-refractivity contribution in [2.75, 3.05) is 13.2 Å². The second kappa shape index (κ2) is 12.4. The molecule has 0 amide bonds. The first kappa shape index (κ1) is 34.3. The van der Waals surface area contributed by atoms with Gasteiger partial charge in [0, 0.05) is 24.7 Å². The summed E-state index contributed by atoms with van der Waals surface area (Å²) in [5.74, 6) is 3.12. The van der Waals surface area contributed by atoms with Crippen LogP contribution in [0.3, 0.4) is 0 Å². The molecule has 0 aromatic rings. The quantitative estimate of drug-likeness (QED) is 0.242. The van der Waals surface area contributed by atoms with E-state index in [4.69, 9.17) is 23.7 Å². The van der Waals surface area contributed by atoms with Gasteiger partial charge in [0.05, 0.1) is 25.4 Å². The third kappa shape index (κ3) is 5.30. The molecule has 8 aliphatic rings. The molecule has 17 atom stereocenters. The molecule has 0 radical (unpaired) electrons. The minimum absolute atomic E-state index is 0.216. The average Bonchev–Trinajstić information content (AvgIpc) is 3.48. The van der Waals surface area contributed by atoms with Gasteiger partial charge in [-0.25, -0.2) is 0 Å². The first-order valence-corrected chi connectivity index (χ1v) is 20.0. The summed E-state index contributed by atoms with van der Waals surface area (Å²) in [6, 6.07) is 0. The predicted molar refractivity (Wildman–Crippen MR) is 180 cm³/mol. The first-order chi connectivity index (χ1) is 22.9. The van der Waals surface area contributed by atoms with Gasteiger partial charge in [0.1, 0.15) is 5.60 Å². The Bertz CT molecular complexity index is 1210. The maximum Gasteiger partial charge on any atom is 0.303 e. The van der Waals surface area contributed by atoms with Crippen LogP contribution in [0.5, 0.6) is 0 Å². The maximum atomic E-state index is 11.8. The van der Waals surface area contributed by atoms with E-state index in [2.05, 4.69) is 34.6 Å². The first-order valence-electron chi connectivity index (χ1n) is 20.0. The monoisotopic (exact) mass is 672 g/mol. The molecule has 48 heavy (non-hydrogen) atoms. The molecule has 8 fully saturated rings. The zero-order valence-electron chi connectivity index (χ0n) is 30.4. The van der Waals surface area contributed by atoms with Crippen LogP contribution in [0.25, 0.3) is 0 Å². The lowest BCUT2D eigenvalue weighted by atomic mass is 9.44. The van der Waals surface area contributed by atoms with Crippen LogP contribution in [0.1, 0.15) is 131 Å². The summed E-state index contributed by atoms with van der Waals surface area (Å²) in [6.45, 7) is 12.8. The van der Waals surface area contributed by atoms with E-state index in [1.54, 1.807) is 0 Å². The lowest BCUT2D eigenvalue weighted by molar-refractivity contribution is -0.338. The van der Waals surface area contributed by atoms with Gasteiger partial charge in [-0.3, -0.25) is 4.79 Å². The fraction of sp³-hybridized carbons (Fsp3) is 0.975. The molecular weight excluding hydrogens is 608 g/mol. The van der Waals surface area contributed by atoms with Crippen molar-refractivity contribution < 1.29 is 38.7 Å². The lowest BCUT2D eigenvalue weighted by Crippen LogP contribution is -2.66. The summed E-state index contributed by atoms with van der Waals surface area (Å²) in [6.07, 6.45) is 14.8. The van der Waals surface area contributed by atoms with E-state index >= 15 is 0 Å². The topological polar surface area (TPSA) is 104 Å². The van der Waals surface area contributed by atoms with Crippen LogP contribution < -0.4 is 0 Å². The van der Waals surface area contributed by atoms with E-state index < -0.39 is 11.8 Å². The molecule has 8 rings (SSSR count). The minimum Gasteiger partial charge on any atom is -0.481 e. The molecule has 3 aliphatic heterocycles. The number of aliphatic hydroxyl groups is 1. The Labute approximate surface area is 288 Å². The fourth-order valence-corrected chi connectivity index (χ4v) is 14.1. The summed E-state index contributed by atoms with van der Waals surface area (Å²) >= 11 is 0. The molecule has 272 valence electrons. The highest BCUT2D eigenvalue weighted by atomic mass is 16.9. The van der Waals surface area contributed by atoms with Gasteiger partial charge in [-0.15, -0.1) is 0 Å². The molecule has 3 heterocycles. The number of fused-ring (bicyclic) bond motifs is 6. The third-order valence-electron chi connectivity index (χ3n) is 16.6. The number of carboxylic acid groups (broad SMARTS) is 1. The van der Waals surface area contributed by atoms with Gasteiger partial charge < -0.3 is 33.9 Å². The van der Waals surface area contributed by atoms with Crippen LogP contribution in [0.4, 0.5) is 0 Å². The number of hydrogen-bond donors (Lipinski definition) is 2. The Hall–Kier alpha value is -0.770. The van der Waals surface area contributed by atoms with Crippen molar-refractivity contribution in [3.8, 4) is 0 Å². The zero-order chi connectivity index (χ0) is 33.6. The van der Waals surface area contributed by atoms with Gasteiger partial charge in [-0.1, -0.05) is 27.7 Å². The van der Waals surface area contributed by atoms with Gasteiger partial charge in [0.2, 0.25) is 0 Å². The van der Waals surface area contributed by atoms with Crippen molar-refractivity contribution in [2.45, 2.75) is 167 Å². The van der Waals surface area contributed by atoms with Crippen molar-refractivity contribution in [3.05, 3.63) is 0 Å². The molecule has 1 spiro atoms. The highest BCUT2D eigenvalue weighted by molar-refractivity contribution is 5.66. The number of aliphatic hydroxyl groups excluding tert-OH is 1. The fourth-order valence-electron chi connectivity index (χ4n) is 14.1. The third-order valence-corrected chi connectivity index (χ3v) is 16.6. The van der Waals surface area contributed by atoms with Crippen molar-refractivity contribution in [1.82, 2.24) is 0 Å². The Morgan fingerprint density at radius 3 is 2.38 bits per heavy atom. The molecule has 3 saturated heterocycles. The van der Waals surface area contributed by atoms with Crippen LogP contribution in [-0.4, -0.2) is 65.6 Å². The normalized spacial score (nSPS) is 55.3. The average molecular weight is 673 g/mol. The number of carboxylic acids is 1. The molecule has 8 heteroatoms. The van der Waals surface area contributed by atoms with Crippen molar-refractivity contribution >= 4 is 5.97 Å². The van der Waals surface area contributed by atoms with Gasteiger partial charge in [0.15, 0.2) is 18.4 Å². The van der Waals surface area contributed by atoms with E-state index in [9.17, 15) is 15.0 Å². The van der Waals surface area contributed by atoms with Crippen molar-refractivity contribution in [2.24, 2.45) is 64.1 Å². The summed E-state index contributed by atoms with van der Waals surface area (Å²) in [7, 11) is 0. The summed E-state index contributed by atoms with van der Waals surface area (Å²) in [5, 5.41) is 21.0. The van der Waals surface area contributed by atoms with E-state index in [1.165, 1.54) is 38.5 Å². The van der Waals surface area contributed by atoms with E-state index in [0.717, 1.165) is 51.4 Å². The molecule has 2 bridgehead atoms. The molecule has 8 nitrogen and oxygen atoms in total. The molecule has 5 saturated carbocycles. The highest BCUT2D eigenvalue weighted by Crippen LogP contribution is 2.68. The largest absolute Gasteiger partial charge is 0.481 e. The van der Waals surface area contributed by atoms with Gasteiger partial charge >= 0.3 is 5.97 Å². The zero-order valence-corrected chi connectivity index (χ0v) is 30.4. The standard InChI is InChI=1S/C40H64O8/c1-23-9-11-29-24(2)35(46-36-40(29)28(23)15-18-39(5,47-36)48-40)45-20-19-44-27-13-16-38(4)26(21-27)22-32(41)34-30-12-10-25(7-6-8-33(42)43)37(30,3)17-14-31(34)38/h23-32,34-36,41H,6-22H2,1-5H3,(H,42,43)/t23-,24-,25+,26?,27-,28?,29?,30?,31?,32+,34?,35?,36?,37-,38+,39-,40-/m1/s1. The smallest absolute Gasteiger partial charge is 0.303 e. The highest BCUT2D eigenvalue weighted by Gasteiger charge is 2.71. The minimum atomic E-state index is -0.680. The number of aliphatic carboxylic acids is 1. The Kier molecular flexibility index (Phi) is 8.89. The van der Waals surface area contributed by atoms with Crippen LogP contribution in [0, 0.1) is 64.1 Å². The lowest BCUT2D eigenvalue weighted by Gasteiger charge is -2.62. The Balaban J connectivity index is 0.847. The maximum absolute atomic E-state index is 11.8. The second-order valence-corrected chi connectivity index (χ2v) is 18.7. The van der Waals surface area contributed by atoms with Crippen molar-refractivity contribution in [3.63, 3.8) is 0 Å². The van der Waals surface area contributed by atoms with Crippen LogP contribution in [0.2, 0.25) is 0 Å². The number of carbonyl (C=O) groups is 1. The summed E-state index contributed by atoms with van der Waals surface area (Å²) in [4.78, 5) is 11.2. The van der Waals surface area contributed by atoms with Crippen molar-refractivity contribution in [1.29, 1.82) is 0 Å². The Morgan fingerprint density at radius 2 is 1.56 bits per heavy atom. The van der Waals surface area contributed by atoms with Gasteiger partial charge in [-0.05, 0) is 143 Å². The van der Waals surface area contributed by atoms with E-state index in [-0.39, 0.29) is 53.6 Å². The number of ether oxygens (including phenoxy) is 5. The molecular formula is C40H64O8. The molecule has 8 unspecified atom stereocenters. The van der Waals surface area contributed by atoms with Crippen LogP contribution >= 0.6 is 0 Å². The van der Waals surface area contributed by atoms with Crippen LogP contribution in [0.15, 0.2) is 0 Å². The van der Waals surface area contributed by atoms with E-state index in [1.807, 2.05) is 0 Å². The summed E-state index contributed by atoms with van der Waals surface area (Å²) in [5.41, 5.74) is 0.171. The molecule has 5 aliphatic carbocycles. The molecule has 0 aromatic carbocycles. The summed E-state index contributed by atoms with van der Waals surface area (Å²) < 4.78 is 32.9. The predicted octanol–water partition coefficient (Wildman–Crippen LogP) is 7.55. The molecule has 2 N–H and O–H groups in total. The van der Waals surface area contributed by atoms with E-state index in [0.29, 0.717) is 60.6 Å².